The second-order valence-electron chi connectivity index (χ2n) is 5.46. The number of hydrogen-bond donors (Lipinski definition) is 0. The topological polar surface area (TPSA) is 46.6 Å². The summed E-state index contributed by atoms with van der Waals surface area (Å²) < 4.78 is 5.26. The predicted octanol–water partition coefficient (Wildman–Crippen LogP) is 0.950. The van der Waals surface area contributed by atoms with Gasteiger partial charge in [-0.1, -0.05) is 0 Å². The van der Waals surface area contributed by atoms with Gasteiger partial charge in [0.25, 0.3) is 0 Å². The summed E-state index contributed by atoms with van der Waals surface area (Å²) in [7, 11) is 0. The van der Waals surface area contributed by atoms with Crippen LogP contribution in [-0.4, -0.2) is 35.5 Å². The molecule has 15 heavy (non-hydrogen) atoms. The highest BCUT2D eigenvalue weighted by molar-refractivity contribution is 6.06. The van der Waals surface area contributed by atoms with Crippen LogP contribution in [0.15, 0.2) is 0 Å². The first-order valence-corrected chi connectivity index (χ1v) is 5.32. The van der Waals surface area contributed by atoms with E-state index in [-0.39, 0.29) is 11.8 Å². The molecule has 2 saturated heterocycles. The van der Waals surface area contributed by atoms with E-state index in [0.717, 1.165) is 0 Å². The van der Waals surface area contributed by atoms with E-state index in [0.29, 0.717) is 26.1 Å². The molecule has 0 N–H and O–H groups in total. The number of carbonyl (C=O) groups is 2. The Morgan fingerprint density at radius 1 is 1.33 bits per heavy atom. The van der Waals surface area contributed by atoms with Gasteiger partial charge in [0.05, 0.1) is 12.0 Å². The van der Waals surface area contributed by atoms with E-state index in [1.807, 2.05) is 20.8 Å². The Balaban J connectivity index is 2.31. The Hall–Kier alpha value is -0.900. The molecule has 4 nitrogen and oxygen atoms in total. The van der Waals surface area contributed by atoms with E-state index >= 15 is 0 Å². The van der Waals surface area contributed by atoms with Crippen LogP contribution in [-0.2, 0) is 14.3 Å². The van der Waals surface area contributed by atoms with Crippen LogP contribution in [0.3, 0.4) is 0 Å². The number of carbonyl (C=O) groups excluding carboxylic acids is 2. The number of likely N-dealkylation sites (tertiary alicyclic amines) is 1. The molecule has 1 atom stereocenters. The number of ether oxygens (including phenoxy) is 1. The maximum Gasteiger partial charge on any atom is 0.238 e. The van der Waals surface area contributed by atoms with Crippen molar-refractivity contribution in [2.24, 2.45) is 5.41 Å². The van der Waals surface area contributed by atoms with Gasteiger partial charge in [-0.05, 0) is 27.2 Å². The molecule has 2 fully saturated rings. The third-order valence-corrected chi connectivity index (χ3v) is 3.17. The first-order chi connectivity index (χ1) is 6.87. The van der Waals surface area contributed by atoms with E-state index in [2.05, 4.69) is 0 Å². The molecule has 2 aliphatic heterocycles. The summed E-state index contributed by atoms with van der Waals surface area (Å²) in [4.78, 5) is 25.5. The fraction of sp³-hybridized carbons (Fsp3) is 0.818. The minimum atomic E-state index is -0.537. The highest BCUT2D eigenvalue weighted by Crippen LogP contribution is 2.42. The minimum absolute atomic E-state index is 0.0440. The molecule has 0 aromatic carbocycles. The van der Waals surface area contributed by atoms with Crippen LogP contribution in [0.25, 0.3) is 0 Å². The maximum absolute atomic E-state index is 12.2. The normalized spacial score (nSPS) is 32.1. The van der Waals surface area contributed by atoms with Crippen molar-refractivity contribution < 1.29 is 14.3 Å². The molecule has 84 valence electrons. The average Bonchev–Trinajstić information content (AvgIpc) is 2.59. The Kier molecular flexibility index (Phi) is 2.15. The van der Waals surface area contributed by atoms with E-state index in [4.69, 9.17) is 4.74 Å². The van der Waals surface area contributed by atoms with Crippen molar-refractivity contribution >= 4 is 11.8 Å². The summed E-state index contributed by atoms with van der Waals surface area (Å²) in [5.74, 6) is -0.101. The van der Waals surface area contributed by atoms with Gasteiger partial charge in [-0.3, -0.25) is 14.5 Å². The number of hydrogen-bond acceptors (Lipinski definition) is 3. The number of imide groups is 1. The Labute approximate surface area is 89.6 Å². The second-order valence-corrected chi connectivity index (χ2v) is 5.46. The Bertz CT molecular complexity index is 310. The molecular formula is C11H17NO3. The van der Waals surface area contributed by atoms with Crippen molar-refractivity contribution in [1.29, 1.82) is 0 Å². The molecule has 0 radical (unpaired) electrons. The molecule has 0 bridgehead atoms. The van der Waals surface area contributed by atoms with E-state index in [9.17, 15) is 9.59 Å². The smallest absolute Gasteiger partial charge is 0.238 e. The van der Waals surface area contributed by atoms with Crippen LogP contribution in [0.4, 0.5) is 0 Å². The third kappa shape index (κ3) is 1.47. The summed E-state index contributed by atoms with van der Waals surface area (Å²) >= 11 is 0. The lowest BCUT2D eigenvalue weighted by Crippen LogP contribution is -2.47. The summed E-state index contributed by atoms with van der Waals surface area (Å²) in [5.41, 5.74) is -0.954. The molecular weight excluding hydrogens is 194 g/mol. The van der Waals surface area contributed by atoms with Crippen molar-refractivity contribution in [3.63, 3.8) is 0 Å². The molecule has 0 saturated carbocycles. The maximum atomic E-state index is 12.2. The van der Waals surface area contributed by atoms with Gasteiger partial charge in [0.1, 0.15) is 0 Å². The van der Waals surface area contributed by atoms with Gasteiger partial charge in [-0.25, -0.2) is 0 Å². The number of amides is 2. The third-order valence-electron chi connectivity index (χ3n) is 3.17. The average molecular weight is 211 g/mol. The van der Waals surface area contributed by atoms with E-state index in [1.54, 1.807) is 0 Å². The summed E-state index contributed by atoms with van der Waals surface area (Å²) in [5, 5.41) is 0. The molecule has 4 heteroatoms. The van der Waals surface area contributed by atoms with Gasteiger partial charge in [-0.2, -0.15) is 0 Å². The lowest BCUT2D eigenvalue weighted by Gasteiger charge is -2.31. The lowest BCUT2D eigenvalue weighted by molar-refractivity contribution is -0.146. The van der Waals surface area contributed by atoms with Crippen molar-refractivity contribution in [2.45, 2.75) is 39.2 Å². The van der Waals surface area contributed by atoms with Gasteiger partial charge >= 0.3 is 0 Å². The second kappa shape index (κ2) is 3.04. The fourth-order valence-electron chi connectivity index (χ4n) is 2.39. The largest absolute Gasteiger partial charge is 0.380 e. The van der Waals surface area contributed by atoms with Gasteiger partial charge in [0.15, 0.2) is 0 Å². The van der Waals surface area contributed by atoms with Crippen LogP contribution < -0.4 is 0 Å². The fourth-order valence-corrected chi connectivity index (χ4v) is 2.39. The predicted molar refractivity (Wildman–Crippen MR) is 54.1 cm³/mol. The Morgan fingerprint density at radius 2 is 2.00 bits per heavy atom. The molecule has 0 aromatic rings. The van der Waals surface area contributed by atoms with Crippen molar-refractivity contribution in [3.05, 3.63) is 0 Å². The molecule has 0 unspecified atom stereocenters. The quantitative estimate of drug-likeness (QED) is 0.560. The van der Waals surface area contributed by atoms with E-state index < -0.39 is 11.0 Å². The standard InChI is InChI=1S/C11H17NO3/c1-10(2,3)12-8(13)6-11(9(12)14)4-5-15-7-11/h4-7H2,1-3H3/t11-/m1/s1. The first kappa shape index (κ1) is 10.6. The van der Waals surface area contributed by atoms with Crippen molar-refractivity contribution in [1.82, 2.24) is 4.90 Å². The monoisotopic (exact) mass is 211 g/mol. The zero-order valence-electron chi connectivity index (χ0n) is 9.50. The molecule has 1 spiro atoms. The van der Waals surface area contributed by atoms with Crippen LogP contribution in [0, 0.1) is 5.41 Å². The minimum Gasteiger partial charge on any atom is -0.380 e. The molecule has 2 aliphatic rings. The van der Waals surface area contributed by atoms with Crippen LogP contribution >= 0.6 is 0 Å². The summed E-state index contributed by atoms with van der Waals surface area (Å²) in [6, 6.07) is 0. The van der Waals surface area contributed by atoms with Gasteiger partial charge in [0.2, 0.25) is 11.8 Å². The highest BCUT2D eigenvalue weighted by Gasteiger charge is 2.56. The Morgan fingerprint density at radius 3 is 2.40 bits per heavy atom. The van der Waals surface area contributed by atoms with Gasteiger partial charge in [-0.15, -0.1) is 0 Å². The molecule has 2 amide bonds. The lowest BCUT2D eigenvalue weighted by atomic mass is 9.85. The van der Waals surface area contributed by atoms with E-state index in [1.165, 1.54) is 4.90 Å². The molecule has 0 aliphatic carbocycles. The number of rotatable bonds is 0. The summed E-state index contributed by atoms with van der Waals surface area (Å²) in [6.45, 7) is 6.66. The molecule has 0 aromatic heterocycles. The SMILES string of the molecule is CC(C)(C)N1C(=O)C[C@@]2(CCOC2)C1=O. The highest BCUT2D eigenvalue weighted by atomic mass is 16.5. The first-order valence-electron chi connectivity index (χ1n) is 5.32. The van der Waals surface area contributed by atoms with Crippen molar-refractivity contribution in [3.8, 4) is 0 Å². The van der Waals surface area contributed by atoms with Gasteiger partial charge in [0, 0.05) is 18.6 Å². The van der Waals surface area contributed by atoms with Crippen LogP contribution in [0.5, 0.6) is 0 Å². The van der Waals surface area contributed by atoms with Crippen LogP contribution in [0.1, 0.15) is 33.6 Å². The zero-order chi connectivity index (χ0) is 11.3. The zero-order valence-corrected chi connectivity index (χ0v) is 9.50. The molecule has 2 rings (SSSR count). The molecule has 2 heterocycles. The number of nitrogens with zero attached hydrogens (tertiary/aromatic N) is 1. The van der Waals surface area contributed by atoms with Crippen LogP contribution in [0.2, 0.25) is 0 Å². The van der Waals surface area contributed by atoms with Crippen molar-refractivity contribution in [2.75, 3.05) is 13.2 Å². The summed E-state index contributed by atoms with van der Waals surface area (Å²) in [6.07, 6.45) is 1.01. The van der Waals surface area contributed by atoms with Gasteiger partial charge < -0.3 is 4.74 Å².